The molecule has 1 aromatic carbocycles. The Morgan fingerprint density at radius 3 is 2.95 bits per heavy atom. The van der Waals surface area contributed by atoms with Gasteiger partial charge in [-0.25, -0.2) is 4.39 Å². The number of aliphatic hydroxyl groups is 1. The summed E-state index contributed by atoms with van der Waals surface area (Å²) in [6.07, 6.45) is 6.85. The third-order valence-electron chi connectivity index (χ3n) is 5.82. The Morgan fingerprint density at radius 2 is 2.25 bits per heavy atom. The van der Waals surface area contributed by atoms with Gasteiger partial charge in [0.2, 0.25) is 0 Å². The Bertz CT molecular complexity index is 530. The highest BCUT2D eigenvalue weighted by Crippen LogP contribution is 2.58. The smallest absolute Gasteiger partial charge is 0.123 e. The van der Waals surface area contributed by atoms with Crippen molar-refractivity contribution >= 4 is 0 Å². The molecule has 0 radical (unpaired) electrons. The van der Waals surface area contributed by atoms with E-state index in [0.717, 1.165) is 36.5 Å². The minimum atomic E-state index is -0.190. The fraction of sp³-hybridized carbons (Fsp3) is 0.647. The average molecular weight is 276 g/mol. The van der Waals surface area contributed by atoms with Gasteiger partial charge in [-0.3, -0.25) is 0 Å². The molecular weight excluding hydrogens is 255 g/mol. The maximum atomic E-state index is 13.3. The van der Waals surface area contributed by atoms with E-state index in [2.05, 4.69) is 0 Å². The molecule has 1 N–H and O–H groups in total. The summed E-state index contributed by atoms with van der Waals surface area (Å²) in [4.78, 5) is 0. The van der Waals surface area contributed by atoms with Crippen LogP contribution < -0.4 is 4.74 Å². The second kappa shape index (κ2) is 4.45. The molecule has 2 aliphatic carbocycles. The van der Waals surface area contributed by atoms with Gasteiger partial charge in [-0.2, -0.15) is 0 Å². The van der Waals surface area contributed by atoms with Crippen molar-refractivity contribution in [2.24, 2.45) is 17.3 Å². The summed E-state index contributed by atoms with van der Waals surface area (Å²) in [5.41, 5.74) is 1.04. The number of halogens is 1. The predicted molar refractivity (Wildman–Crippen MR) is 74.1 cm³/mol. The van der Waals surface area contributed by atoms with E-state index in [9.17, 15) is 9.50 Å². The van der Waals surface area contributed by atoms with E-state index < -0.39 is 0 Å². The first-order valence-corrected chi connectivity index (χ1v) is 7.74. The Balaban J connectivity index is 1.51. The van der Waals surface area contributed by atoms with Gasteiger partial charge in [-0.05, 0) is 55.7 Å². The highest BCUT2D eigenvalue weighted by molar-refractivity contribution is 5.38. The maximum absolute atomic E-state index is 13.3. The van der Waals surface area contributed by atoms with E-state index in [1.165, 1.54) is 25.3 Å². The van der Waals surface area contributed by atoms with Gasteiger partial charge in [0.25, 0.3) is 0 Å². The lowest BCUT2D eigenvalue weighted by molar-refractivity contribution is 0.0225. The first-order valence-electron chi connectivity index (χ1n) is 7.74. The summed E-state index contributed by atoms with van der Waals surface area (Å²) in [5.74, 6) is 2.12. The molecule has 3 aliphatic rings. The van der Waals surface area contributed by atoms with Crippen molar-refractivity contribution in [3.8, 4) is 5.75 Å². The molecule has 3 heteroatoms. The second-order valence-corrected chi connectivity index (χ2v) is 7.00. The van der Waals surface area contributed by atoms with Crippen LogP contribution in [-0.2, 0) is 6.42 Å². The maximum Gasteiger partial charge on any atom is 0.123 e. The Hall–Kier alpha value is -1.09. The van der Waals surface area contributed by atoms with Crippen LogP contribution in [0.2, 0.25) is 0 Å². The predicted octanol–water partition coefficient (Wildman–Crippen LogP) is 3.32. The van der Waals surface area contributed by atoms with Crippen molar-refractivity contribution in [1.29, 1.82) is 0 Å². The van der Waals surface area contributed by atoms with Crippen LogP contribution in [0.1, 0.15) is 37.7 Å². The van der Waals surface area contributed by atoms with Gasteiger partial charge in [-0.1, -0.05) is 6.42 Å². The number of hydrogen-bond acceptors (Lipinski definition) is 2. The number of hydrogen-bond donors (Lipinski definition) is 1. The van der Waals surface area contributed by atoms with E-state index in [-0.39, 0.29) is 23.9 Å². The zero-order valence-corrected chi connectivity index (χ0v) is 11.6. The second-order valence-electron chi connectivity index (χ2n) is 7.00. The van der Waals surface area contributed by atoms with Crippen LogP contribution >= 0.6 is 0 Å². The standard InChI is InChI=1S/C17H21FO2/c18-14-3-4-16-12(6-14)7-15(20-16)9-17(10-19)8-11-1-2-13(17)5-11/h3-4,6,11,13,15,19H,1-2,5,7-10H2. The third kappa shape index (κ3) is 1.86. The molecule has 4 unspecified atom stereocenters. The lowest BCUT2D eigenvalue weighted by atomic mass is 9.70. The Labute approximate surface area is 119 Å². The zero-order chi connectivity index (χ0) is 13.7. The summed E-state index contributed by atoms with van der Waals surface area (Å²) in [5, 5.41) is 9.94. The molecule has 0 spiro atoms. The minimum Gasteiger partial charge on any atom is -0.490 e. The molecule has 0 aromatic heterocycles. The largest absolute Gasteiger partial charge is 0.490 e. The summed E-state index contributed by atoms with van der Waals surface area (Å²) in [6.45, 7) is 0.277. The van der Waals surface area contributed by atoms with Crippen molar-refractivity contribution in [1.82, 2.24) is 0 Å². The van der Waals surface area contributed by atoms with E-state index in [0.29, 0.717) is 5.92 Å². The summed E-state index contributed by atoms with van der Waals surface area (Å²) in [7, 11) is 0. The number of benzene rings is 1. The molecule has 1 aromatic rings. The molecule has 2 bridgehead atoms. The van der Waals surface area contributed by atoms with Crippen molar-refractivity contribution in [3.05, 3.63) is 29.6 Å². The minimum absolute atomic E-state index is 0.0637. The number of rotatable bonds is 3. The van der Waals surface area contributed by atoms with E-state index in [4.69, 9.17) is 4.74 Å². The normalized spacial score (nSPS) is 38.0. The lowest BCUT2D eigenvalue weighted by Crippen LogP contribution is -2.36. The van der Waals surface area contributed by atoms with Crippen molar-refractivity contribution < 1.29 is 14.2 Å². The van der Waals surface area contributed by atoms with Gasteiger partial charge in [0.1, 0.15) is 17.7 Å². The van der Waals surface area contributed by atoms with Crippen LogP contribution in [0.3, 0.4) is 0 Å². The van der Waals surface area contributed by atoms with Crippen molar-refractivity contribution in [2.45, 2.75) is 44.6 Å². The summed E-state index contributed by atoms with van der Waals surface area (Å²) < 4.78 is 19.2. The fourth-order valence-corrected chi connectivity index (χ4v) is 4.92. The topological polar surface area (TPSA) is 29.5 Å². The number of fused-ring (bicyclic) bond motifs is 3. The van der Waals surface area contributed by atoms with Crippen LogP contribution in [0.5, 0.6) is 5.75 Å². The van der Waals surface area contributed by atoms with Gasteiger partial charge in [0.15, 0.2) is 0 Å². The van der Waals surface area contributed by atoms with Crippen LogP contribution in [0.25, 0.3) is 0 Å². The molecule has 4 atom stereocenters. The fourth-order valence-electron chi connectivity index (χ4n) is 4.92. The molecule has 2 fully saturated rings. The Kier molecular flexibility index (Phi) is 2.81. The van der Waals surface area contributed by atoms with Crippen LogP contribution in [-0.4, -0.2) is 17.8 Å². The summed E-state index contributed by atoms with van der Waals surface area (Å²) in [6, 6.07) is 4.78. The SMILES string of the molecule is OCC1(CC2Cc3cc(F)ccc3O2)CC2CCC1C2. The Morgan fingerprint density at radius 1 is 1.35 bits per heavy atom. The molecule has 4 rings (SSSR count). The van der Waals surface area contributed by atoms with E-state index in [1.807, 2.05) is 0 Å². The number of ether oxygens (including phenoxy) is 1. The quantitative estimate of drug-likeness (QED) is 0.917. The van der Waals surface area contributed by atoms with Crippen molar-refractivity contribution in [3.63, 3.8) is 0 Å². The highest BCUT2D eigenvalue weighted by Gasteiger charge is 2.51. The third-order valence-corrected chi connectivity index (χ3v) is 5.82. The molecule has 1 heterocycles. The van der Waals surface area contributed by atoms with Gasteiger partial charge < -0.3 is 9.84 Å². The van der Waals surface area contributed by atoms with Crippen LogP contribution in [0.15, 0.2) is 18.2 Å². The van der Waals surface area contributed by atoms with Crippen molar-refractivity contribution in [2.75, 3.05) is 6.61 Å². The molecule has 2 nitrogen and oxygen atoms in total. The van der Waals surface area contributed by atoms with Gasteiger partial charge >= 0.3 is 0 Å². The van der Waals surface area contributed by atoms with Gasteiger partial charge in [0.05, 0.1) is 0 Å². The molecular formula is C17H21FO2. The lowest BCUT2D eigenvalue weighted by Gasteiger charge is -2.37. The van der Waals surface area contributed by atoms with E-state index in [1.54, 1.807) is 12.1 Å². The molecule has 20 heavy (non-hydrogen) atoms. The number of aliphatic hydroxyl groups excluding tert-OH is 1. The summed E-state index contributed by atoms with van der Waals surface area (Å²) >= 11 is 0. The van der Waals surface area contributed by atoms with Gasteiger partial charge in [0, 0.05) is 24.0 Å². The molecule has 0 amide bonds. The van der Waals surface area contributed by atoms with Crippen LogP contribution in [0, 0.1) is 23.1 Å². The first-order chi connectivity index (χ1) is 9.68. The van der Waals surface area contributed by atoms with Crippen LogP contribution in [0.4, 0.5) is 4.39 Å². The molecule has 2 saturated carbocycles. The molecule has 0 saturated heterocycles. The van der Waals surface area contributed by atoms with E-state index >= 15 is 0 Å². The molecule has 1 aliphatic heterocycles. The average Bonchev–Trinajstić information content (AvgIpc) is 3.11. The monoisotopic (exact) mass is 276 g/mol. The molecule has 108 valence electrons. The first kappa shape index (κ1) is 12.6. The highest BCUT2D eigenvalue weighted by atomic mass is 19.1. The van der Waals surface area contributed by atoms with Gasteiger partial charge in [-0.15, -0.1) is 0 Å². The zero-order valence-electron chi connectivity index (χ0n) is 11.6.